The van der Waals surface area contributed by atoms with Gasteiger partial charge < -0.3 is 5.32 Å². The van der Waals surface area contributed by atoms with Gasteiger partial charge in [-0.15, -0.1) is 11.3 Å². The Bertz CT molecular complexity index is 250. The summed E-state index contributed by atoms with van der Waals surface area (Å²) >= 11 is 9.40. The molecule has 1 rings (SSSR count). The molecule has 0 amide bonds. The van der Waals surface area contributed by atoms with Gasteiger partial charge in [0.2, 0.25) is 0 Å². The summed E-state index contributed by atoms with van der Waals surface area (Å²) in [6.07, 6.45) is 2.13. The van der Waals surface area contributed by atoms with E-state index in [1.165, 1.54) is 4.88 Å². The lowest BCUT2D eigenvalue weighted by Crippen LogP contribution is -2.21. The second-order valence-corrected chi connectivity index (χ2v) is 5.62. The van der Waals surface area contributed by atoms with Crippen LogP contribution in [0, 0.1) is 0 Å². The Hall–Kier alpha value is 0.300. The minimum absolute atomic E-state index is 0.676. The fourth-order valence-electron chi connectivity index (χ4n) is 0.928. The largest absolute Gasteiger partial charge is 0.311 e. The second-order valence-electron chi connectivity index (χ2n) is 2.91. The molecule has 0 saturated heterocycles. The number of rotatable bonds is 5. The average molecular weight is 236 g/mol. The van der Waals surface area contributed by atoms with E-state index in [-0.39, 0.29) is 0 Å². The van der Waals surface area contributed by atoms with Gasteiger partial charge in [0.05, 0.1) is 5.02 Å². The highest BCUT2D eigenvalue weighted by Crippen LogP contribution is 2.18. The van der Waals surface area contributed by atoms with Gasteiger partial charge in [-0.1, -0.05) is 18.5 Å². The number of thioether (sulfide) groups is 1. The molecule has 1 N–H and O–H groups in total. The minimum Gasteiger partial charge on any atom is -0.311 e. The molecule has 0 spiro atoms. The summed E-state index contributed by atoms with van der Waals surface area (Å²) in [6.45, 7) is 4.21. The van der Waals surface area contributed by atoms with E-state index in [0.717, 1.165) is 18.1 Å². The molecule has 0 fully saturated rings. The van der Waals surface area contributed by atoms with Crippen molar-refractivity contribution in [1.29, 1.82) is 0 Å². The van der Waals surface area contributed by atoms with Gasteiger partial charge in [0.25, 0.3) is 0 Å². The van der Waals surface area contributed by atoms with Crippen LogP contribution >= 0.6 is 34.7 Å². The number of halogens is 1. The molecule has 0 saturated carbocycles. The fraction of sp³-hybridized carbons (Fsp3) is 0.556. The SMILES string of the molecule is CSC(C)CNCc1cc(Cl)cs1. The third-order valence-electron chi connectivity index (χ3n) is 1.76. The maximum Gasteiger partial charge on any atom is 0.0516 e. The molecule has 1 atom stereocenters. The molecule has 1 unspecified atom stereocenters. The van der Waals surface area contributed by atoms with Crippen LogP contribution in [0.3, 0.4) is 0 Å². The van der Waals surface area contributed by atoms with E-state index in [1.807, 2.05) is 23.2 Å². The van der Waals surface area contributed by atoms with Crippen LogP contribution in [-0.2, 0) is 6.54 Å². The molecule has 0 aliphatic rings. The van der Waals surface area contributed by atoms with Crippen LogP contribution in [0.2, 0.25) is 5.02 Å². The van der Waals surface area contributed by atoms with E-state index in [2.05, 4.69) is 18.5 Å². The summed E-state index contributed by atoms with van der Waals surface area (Å²) in [4.78, 5) is 1.30. The summed E-state index contributed by atoms with van der Waals surface area (Å²) in [7, 11) is 0. The normalized spacial score (nSPS) is 13.2. The molecule has 1 heterocycles. The Balaban J connectivity index is 2.20. The summed E-state index contributed by atoms with van der Waals surface area (Å²) < 4.78 is 0. The lowest BCUT2D eigenvalue weighted by molar-refractivity contribution is 0.691. The molecular weight excluding hydrogens is 222 g/mol. The molecule has 0 aromatic carbocycles. The van der Waals surface area contributed by atoms with Gasteiger partial charge in [-0.05, 0) is 12.3 Å². The van der Waals surface area contributed by atoms with E-state index in [4.69, 9.17) is 11.6 Å². The first-order valence-corrected chi connectivity index (χ1v) is 6.73. The minimum atomic E-state index is 0.676. The molecule has 0 aliphatic heterocycles. The van der Waals surface area contributed by atoms with Crippen LogP contribution in [-0.4, -0.2) is 18.1 Å². The van der Waals surface area contributed by atoms with Crippen molar-refractivity contribution in [3.05, 3.63) is 21.3 Å². The van der Waals surface area contributed by atoms with E-state index < -0.39 is 0 Å². The lowest BCUT2D eigenvalue weighted by atomic mass is 10.4. The summed E-state index contributed by atoms with van der Waals surface area (Å²) in [5, 5.41) is 6.89. The zero-order valence-electron chi connectivity index (χ0n) is 7.84. The Morgan fingerprint density at radius 2 is 2.46 bits per heavy atom. The predicted octanol–water partition coefficient (Wildman–Crippen LogP) is 3.24. The van der Waals surface area contributed by atoms with Crippen molar-refractivity contribution in [2.24, 2.45) is 0 Å². The number of hydrogen-bond acceptors (Lipinski definition) is 3. The van der Waals surface area contributed by atoms with Crippen LogP contribution in [0.15, 0.2) is 11.4 Å². The molecule has 1 nitrogen and oxygen atoms in total. The number of thiophene rings is 1. The van der Waals surface area contributed by atoms with E-state index in [9.17, 15) is 0 Å². The summed E-state index contributed by atoms with van der Waals surface area (Å²) in [5.41, 5.74) is 0. The van der Waals surface area contributed by atoms with Gasteiger partial charge in [0.15, 0.2) is 0 Å². The lowest BCUT2D eigenvalue weighted by Gasteiger charge is -2.08. The van der Waals surface area contributed by atoms with Crippen molar-refractivity contribution >= 4 is 34.7 Å². The van der Waals surface area contributed by atoms with Crippen molar-refractivity contribution in [2.45, 2.75) is 18.7 Å². The van der Waals surface area contributed by atoms with Crippen LogP contribution in [0.4, 0.5) is 0 Å². The van der Waals surface area contributed by atoms with E-state index >= 15 is 0 Å². The highest BCUT2D eigenvalue weighted by atomic mass is 35.5. The first-order chi connectivity index (χ1) is 6.22. The van der Waals surface area contributed by atoms with Gasteiger partial charge in [-0.2, -0.15) is 11.8 Å². The van der Waals surface area contributed by atoms with Crippen molar-refractivity contribution < 1.29 is 0 Å². The second kappa shape index (κ2) is 5.91. The number of hydrogen-bond donors (Lipinski definition) is 1. The highest BCUT2D eigenvalue weighted by molar-refractivity contribution is 7.99. The molecule has 74 valence electrons. The predicted molar refractivity (Wildman–Crippen MR) is 64.0 cm³/mol. The topological polar surface area (TPSA) is 12.0 Å². The van der Waals surface area contributed by atoms with E-state index in [1.54, 1.807) is 11.3 Å². The first kappa shape index (κ1) is 11.4. The molecular formula is C9H14ClNS2. The van der Waals surface area contributed by atoms with Gasteiger partial charge >= 0.3 is 0 Å². The Morgan fingerprint density at radius 3 is 3.00 bits per heavy atom. The van der Waals surface area contributed by atoms with E-state index in [0.29, 0.717) is 5.25 Å². The molecule has 0 bridgehead atoms. The number of nitrogens with one attached hydrogen (secondary N) is 1. The van der Waals surface area contributed by atoms with Crippen LogP contribution < -0.4 is 5.32 Å². The Morgan fingerprint density at radius 1 is 1.69 bits per heavy atom. The van der Waals surface area contributed by atoms with Crippen LogP contribution in [0.5, 0.6) is 0 Å². The van der Waals surface area contributed by atoms with Gasteiger partial charge in [-0.3, -0.25) is 0 Å². The average Bonchev–Trinajstić information content (AvgIpc) is 2.51. The molecule has 1 aromatic heterocycles. The Labute approximate surface area is 92.9 Å². The maximum atomic E-state index is 5.81. The third kappa shape index (κ3) is 4.36. The fourth-order valence-corrected chi connectivity index (χ4v) is 2.26. The first-order valence-electron chi connectivity index (χ1n) is 4.19. The third-order valence-corrected chi connectivity index (χ3v) is 4.01. The summed E-state index contributed by atoms with van der Waals surface area (Å²) in [5.74, 6) is 0. The molecule has 1 aromatic rings. The monoisotopic (exact) mass is 235 g/mol. The zero-order valence-corrected chi connectivity index (χ0v) is 10.2. The van der Waals surface area contributed by atoms with Gasteiger partial charge in [-0.25, -0.2) is 0 Å². The quantitative estimate of drug-likeness (QED) is 0.841. The van der Waals surface area contributed by atoms with Crippen molar-refractivity contribution in [2.75, 3.05) is 12.8 Å². The van der Waals surface area contributed by atoms with Crippen molar-refractivity contribution in [3.8, 4) is 0 Å². The molecule has 13 heavy (non-hydrogen) atoms. The smallest absolute Gasteiger partial charge is 0.0516 e. The standard InChI is InChI=1S/C9H14ClNS2/c1-7(12-2)4-11-5-9-3-8(10)6-13-9/h3,6-7,11H,4-5H2,1-2H3. The van der Waals surface area contributed by atoms with Gasteiger partial charge in [0.1, 0.15) is 0 Å². The van der Waals surface area contributed by atoms with Crippen LogP contribution in [0.1, 0.15) is 11.8 Å². The molecule has 4 heteroatoms. The molecule has 0 aliphatic carbocycles. The van der Waals surface area contributed by atoms with Crippen molar-refractivity contribution in [3.63, 3.8) is 0 Å². The molecule has 0 radical (unpaired) electrons. The highest BCUT2D eigenvalue weighted by Gasteiger charge is 2.00. The maximum absolute atomic E-state index is 5.81. The van der Waals surface area contributed by atoms with Crippen LogP contribution in [0.25, 0.3) is 0 Å². The summed E-state index contributed by atoms with van der Waals surface area (Å²) in [6, 6.07) is 2.02. The zero-order chi connectivity index (χ0) is 9.68. The van der Waals surface area contributed by atoms with Crippen molar-refractivity contribution in [1.82, 2.24) is 5.32 Å². The van der Waals surface area contributed by atoms with Gasteiger partial charge in [0, 0.05) is 28.6 Å². The Kier molecular flexibility index (Phi) is 5.17.